The number of carbonyl (C=O) groups is 1. The van der Waals surface area contributed by atoms with Gasteiger partial charge in [-0.05, 0) is 44.9 Å². The van der Waals surface area contributed by atoms with Crippen LogP contribution in [0.3, 0.4) is 0 Å². The molecular weight excluding hydrogens is 264 g/mol. The molecule has 0 saturated carbocycles. The minimum atomic E-state index is 0. The van der Waals surface area contributed by atoms with E-state index in [1.54, 1.807) is 0 Å². The van der Waals surface area contributed by atoms with Gasteiger partial charge < -0.3 is 15.4 Å². The number of nitrogens with zero attached hydrogens (tertiary/aromatic N) is 1. The summed E-state index contributed by atoms with van der Waals surface area (Å²) in [6, 6.07) is 0.276. The lowest BCUT2D eigenvalue weighted by Gasteiger charge is -2.35. The van der Waals surface area contributed by atoms with Gasteiger partial charge in [-0.1, -0.05) is 0 Å². The summed E-state index contributed by atoms with van der Waals surface area (Å²) in [5.74, 6) is 0.277. The summed E-state index contributed by atoms with van der Waals surface area (Å²) in [5.41, 5.74) is 5.75. The molecule has 112 valence electrons. The number of hydrogen-bond donors (Lipinski definition) is 1. The first kappa shape index (κ1) is 16.7. The van der Waals surface area contributed by atoms with E-state index >= 15 is 0 Å². The molecule has 2 atom stereocenters. The lowest BCUT2D eigenvalue weighted by atomic mass is 10.00. The van der Waals surface area contributed by atoms with E-state index in [0.29, 0.717) is 19.1 Å². The van der Waals surface area contributed by atoms with Crippen molar-refractivity contribution in [2.75, 3.05) is 19.7 Å². The van der Waals surface area contributed by atoms with E-state index in [9.17, 15) is 4.79 Å². The summed E-state index contributed by atoms with van der Waals surface area (Å²) in [6.45, 7) is 2.37. The van der Waals surface area contributed by atoms with E-state index in [2.05, 4.69) is 0 Å². The standard InChI is InChI=1S/C14H26N2O2.ClH/c15-11-12-5-1-3-9-16(12)14(17)8-7-13-6-2-4-10-18-13;/h12-13H,1-11,15H2;1H. The van der Waals surface area contributed by atoms with Gasteiger partial charge in [-0.25, -0.2) is 0 Å². The van der Waals surface area contributed by atoms with Crippen molar-refractivity contribution in [3.05, 3.63) is 0 Å². The molecule has 4 nitrogen and oxygen atoms in total. The largest absolute Gasteiger partial charge is 0.378 e. The first-order valence-corrected chi connectivity index (χ1v) is 7.42. The summed E-state index contributed by atoms with van der Waals surface area (Å²) < 4.78 is 5.67. The van der Waals surface area contributed by atoms with Crippen LogP contribution >= 0.6 is 12.4 Å². The van der Waals surface area contributed by atoms with E-state index in [1.807, 2.05) is 4.90 Å². The Bertz CT molecular complexity index is 270. The summed E-state index contributed by atoms with van der Waals surface area (Å²) in [6.07, 6.45) is 8.76. The Hall–Kier alpha value is -0.320. The molecule has 2 N–H and O–H groups in total. The third-order valence-corrected chi connectivity index (χ3v) is 4.17. The predicted molar refractivity (Wildman–Crippen MR) is 78.5 cm³/mol. The number of halogens is 1. The van der Waals surface area contributed by atoms with E-state index in [1.165, 1.54) is 19.3 Å². The zero-order valence-corrected chi connectivity index (χ0v) is 12.5. The average Bonchev–Trinajstić information content (AvgIpc) is 2.45. The molecule has 2 aliphatic heterocycles. The molecule has 19 heavy (non-hydrogen) atoms. The van der Waals surface area contributed by atoms with Gasteiger partial charge in [0, 0.05) is 32.2 Å². The van der Waals surface area contributed by atoms with Crippen LogP contribution in [0.15, 0.2) is 0 Å². The van der Waals surface area contributed by atoms with Gasteiger partial charge >= 0.3 is 0 Å². The molecule has 2 heterocycles. The molecule has 2 fully saturated rings. The number of nitrogens with two attached hydrogens (primary N) is 1. The maximum absolute atomic E-state index is 12.2. The van der Waals surface area contributed by atoms with Gasteiger partial charge in [-0.15, -0.1) is 12.4 Å². The van der Waals surface area contributed by atoms with Crippen LogP contribution in [0.4, 0.5) is 0 Å². The summed E-state index contributed by atoms with van der Waals surface area (Å²) in [5, 5.41) is 0. The molecule has 0 bridgehead atoms. The summed E-state index contributed by atoms with van der Waals surface area (Å²) in [4.78, 5) is 14.2. The summed E-state index contributed by atoms with van der Waals surface area (Å²) in [7, 11) is 0. The Morgan fingerprint density at radius 2 is 2.00 bits per heavy atom. The smallest absolute Gasteiger partial charge is 0.222 e. The minimum absolute atomic E-state index is 0. The first-order chi connectivity index (χ1) is 8.81. The summed E-state index contributed by atoms with van der Waals surface area (Å²) >= 11 is 0. The highest BCUT2D eigenvalue weighted by Gasteiger charge is 2.26. The first-order valence-electron chi connectivity index (χ1n) is 7.42. The molecule has 2 aliphatic rings. The van der Waals surface area contributed by atoms with Gasteiger partial charge in [0.25, 0.3) is 0 Å². The molecule has 1 amide bonds. The monoisotopic (exact) mass is 290 g/mol. The Balaban J connectivity index is 0.00000180. The topological polar surface area (TPSA) is 55.6 Å². The Morgan fingerprint density at radius 3 is 2.68 bits per heavy atom. The SMILES string of the molecule is Cl.NCC1CCCCN1C(=O)CCC1CCCCO1. The normalized spacial score (nSPS) is 27.7. The highest BCUT2D eigenvalue weighted by molar-refractivity contribution is 5.85. The second kappa shape index (κ2) is 8.77. The van der Waals surface area contributed by atoms with Crippen LogP contribution in [0.2, 0.25) is 0 Å². The Kier molecular flexibility index (Phi) is 7.73. The molecule has 2 saturated heterocycles. The van der Waals surface area contributed by atoms with Crippen molar-refractivity contribution in [2.45, 2.75) is 63.5 Å². The molecule has 2 rings (SSSR count). The molecule has 0 aromatic carbocycles. The van der Waals surface area contributed by atoms with Gasteiger partial charge in [-0.2, -0.15) is 0 Å². The molecule has 5 heteroatoms. The highest BCUT2D eigenvalue weighted by Crippen LogP contribution is 2.20. The molecule has 0 aromatic heterocycles. The number of likely N-dealkylation sites (tertiary alicyclic amines) is 1. The van der Waals surface area contributed by atoms with Crippen molar-refractivity contribution in [3.8, 4) is 0 Å². The maximum Gasteiger partial charge on any atom is 0.222 e. The van der Waals surface area contributed by atoms with Crippen LogP contribution in [0.1, 0.15) is 51.4 Å². The molecule has 0 aliphatic carbocycles. The number of carbonyl (C=O) groups excluding carboxylic acids is 1. The van der Waals surface area contributed by atoms with Crippen molar-refractivity contribution in [2.24, 2.45) is 5.73 Å². The van der Waals surface area contributed by atoms with Crippen LogP contribution < -0.4 is 5.73 Å². The van der Waals surface area contributed by atoms with Crippen molar-refractivity contribution in [1.29, 1.82) is 0 Å². The van der Waals surface area contributed by atoms with Gasteiger partial charge in [0.15, 0.2) is 0 Å². The van der Waals surface area contributed by atoms with Gasteiger partial charge in [0.05, 0.1) is 6.10 Å². The fourth-order valence-corrected chi connectivity index (χ4v) is 3.04. The fourth-order valence-electron chi connectivity index (χ4n) is 3.04. The molecular formula is C14H27ClN2O2. The molecule has 0 spiro atoms. The van der Waals surface area contributed by atoms with Crippen LogP contribution in [0, 0.1) is 0 Å². The Labute approximate surface area is 122 Å². The number of hydrogen-bond acceptors (Lipinski definition) is 3. The highest BCUT2D eigenvalue weighted by atomic mass is 35.5. The van der Waals surface area contributed by atoms with E-state index < -0.39 is 0 Å². The molecule has 2 unspecified atom stereocenters. The van der Waals surface area contributed by atoms with Gasteiger partial charge in [0.1, 0.15) is 0 Å². The lowest BCUT2D eigenvalue weighted by molar-refractivity contribution is -0.135. The number of piperidine rings is 1. The second-order valence-electron chi connectivity index (χ2n) is 5.50. The quantitative estimate of drug-likeness (QED) is 0.863. The van der Waals surface area contributed by atoms with E-state index in [-0.39, 0.29) is 24.4 Å². The van der Waals surface area contributed by atoms with Crippen LogP contribution in [0.25, 0.3) is 0 Å². The predicted octanol–water partition coefficient (Wildman–Crippen LogP) is 2.10. The third kappa shape index (κ3) is 4.93. The van der Waals surface area contributed by atoms with Crippen molar-refractivity contribution < 1.29 is 9.53 Å². The number of rotatable bonds is 4. The van der Waals surface area contributed by atoms with Gasteiger partial charge in [0.2, 0.25) is 5.91 Å². The average molecular weight is 291 g/mol. The fraction of sp³-hybridized carbons (Fsp3) is 0.929. The van der Waals surface area contributed by atoms with Crippen LogP contribution in [-0.2, 0) is 9.53 Å². The van der Waals surface area contributed by atoms with Crippen LogP contribution in [0.5, 0.6) is 0 Å². The van der Waals surface area contributed by atoms with Crippen molar-refractivity contribution in [3.63, 3.8) is 0 Å². The second-order valence-corrected chi connectivity index (χ2v) is 5.50. The maximum atomic E-state index is 12.2. The number of ether oxygens (including phenoxy) is 1. The van der Waals surface area contributed by atoms with E-state index in [0.717, 1.165) is 38.8 Å². The number of amides is 1. The lowest BCUT2D eigenvalue weighted by Crippen LogP contribution is -2.47. The van der Waals surface area contributed by atoms with E-state index in [4.69, 9.17) is 10.5 Å². The third-order valence-electron chi connectivity index (χ3n) is 4.17. The minimum Gasteiger partial charge on any atom is -0.378 e. The van der Waals surface area contributed by atoms with Crippen LogP contribution in [-0.4, -0.2) is 42.6 Å². The van der Waals surface area contributed by atoms with Crippen molar-refractivity contribution >= 4 is 18.3 Å². The van der Waals surface area contributed by atoms with Gasteiger partial charge in [-0.3, -0.25) is 4.79 Å². The Morgan fingerprint density at radius 1 is 1.21 bits per heavy atom. The zero-order chi connectivity index (χ0) is 12.8. The molecule has 0 aromatic rings. The molecule has 0 radical (unpaired) electrons. The zero-order valence-electron chi connectivity index (χ0n) is 11.7. The van der Waals surface area contributed by atoms with Crippen molar-refractivity contribution in [1.82, 2.24) is 4.90 Å².